The Morgan fingerprint density at radius 1 is 1.29 bits per heavy atom. The van der Waals surface area contributed by atoms with Gasteiger partial charge in [-0.3, -0.25) is 0 Å². The van der Waals surface area contributed by atoms with Gasteiger partial charge in [-0.15, -0.1) is 0 Å². The lowest BCUT2D eigenvalue weighted by Crippen LogP contribution is -2.29. The van der Waals surface area contributed by atoms with E-state index >= 15 is 0 Å². The molecule has 1 aromatic carbocycles. The number of rotatable bonds is 8. The van der Waals surface area contributed by atoms with Crippen molar-refractivity contribution in [1.29, 1.82) is 0 Å². The third kappa shape index (κ3) is 5.30. The molecule has 2 unspecified atom stereocenters. The molecule has 0 saturated carbocycles. The molecule has 1 heterocycles. The predicted molar refractivity (Wildman–Crippen MR) is 83.8 cm³/mol. The third-order valence-electron chi connectivity index (χ3n) is 3.82. The third-order valence-corrected chi connectivity index (χ3v) is 3.82. The summed E-state index contributed by atoms with van der Waals surface area (Å²) >= 11 is 0. The van der Waals surface area contributed by atoms with Crippen molar-refractivity contribution in [3.05, 3.63) is 29.8 Å². The van der Waals surface area contributed by atoms with E-state index in [-0.39, 0.29) is 12.2 Å². The Balaban J connectivity index is 1.91. The molecule has 1 aliphatic rings. The fourth-order valence-electron chi connectivity index (χ4n) is 2.53. The fraction of sp³-hybridized carbons (Fsp3) is 0.647. The molecule has 0 aliphatic carbocycles. The zero-order valence-electron chi connectivity index (χ0n) is 13.1. The minimum atomic E-state index is 0.0568. The highest BCUT2D eigenvalue weighted by Crippen LogP contribution is 2.22. The van der Waals surface area contributed by atoms with Crippen LogP contribution in [0.15, 0.2) is 24.3 Å². The summed E-state index contributed by atoms with van der Waals surface area (Å²) < 4.78 is 17.1. The summed E-state index contributed by atoms with van der Waals surface area (Å²) in [5, 5.41) is 3.37. The zero-order chi connectivity index (χ0) is 14.9. The van der Waals surface area contributed by atoms with Gasteiger partial charge in [0.1, 0.15) is 5.75 Å². The number of benzene rings is 1. The van der Waals surface area contributed by atoms with Gasteiger partial charge in [-0.05, 0) is 43.5 Å². The molecule has 0 spiro atoms. The quantitative estimate of drug-likeness (QED) is 0.800. The number of likely N-dealkylation sites (N-methyl/N-ethyl adjacent to an activating group) is 1. The molecule has 1 saturated heterocycles. The van der Waals surface area contributed by atoms with Crippen molar-refractivity contribution >= 4 is 0 Å². The van der Waals surface area contributed by atoms with Crippen LogP contribution in [0.1, 0.15) is 37.9 Å². The van der Waals surface area contributed by atoms with Crippen LogP contribution in [0.5, 0.6) is 5.75 Å². The number of methoxy groups -OCH3 is 1. The van der Waals surface area contributed by atoms with Crippen LogP contribution in [-0.2, 0) is 9.47 Å². The molecule has 1 aromatic rings. The predicted octanol–water partition coefficient (Wildman–Crippen LogP) is 2.93. The molecule has 2 rings (SSSR count). The summed E-state index contributed by atoms with van der Waals surface area (Å²) in [6.07, 6.45) is 3.84. The molecule has 4 heteroatoms. The maximum absolute atomic E-state index is 6.11. The minimum absolute atomic E-state index is 0.0568. The SMILES string of the molecule is CCNCC(OCC1CCCCO1)c1ccc(OC)cc1. The molecule has 0 amide bonds. The first-order chi connectivity index (χ1) is 10.3. The normalized spacial score (nSPS) is 20.2. The maximum atomic E-state index is 6.11. The van der Waals surface area contributed by atoms with Crippen molar-refractivity contribution in [2.45, 2.75) is 38.4 Å². The standard InChI is InChI=1S/C17H27NO3/c1-3-18-12-17(14-7-9-15(19-2)10-8-14)21-13-16-6-4-5-11-20-16/h7-10,16-18H,3-6,11-13H2,1-2H3. The summed E-state index contributed by atoms with van der Waals surface area (Å²) in [6.45, 7) is 5.40. The van der Waals surface area contributed by atoms with Crippen molar-refractivity contribution in [3.8, 4) is 5.75 Å². The first kappa shape index (κ1) is 16.3. The van der Waals surface area contributed by atoms with E-state index in [9.17, 15) is 0 Å². The van der Waals surface area contributed by atoms with Crippen molar-refractivity contribution in [1.82, 2.24) is 5.32 Å². The highest BCUT2D eigenvalue weighted by atomic mass is 16.5. The number of hydrogen-bond donors (Lipinski definition) is 1. The molecule has 4 nitrogen and oxygen atoms in total. The van der Waals surface area contributed by atoms with Crippen LogP contribution in [0, 0.1) is 0 Å². The van der Waals surface area contributed by atoms with Crippen LogP contribution in [0.2, 0.25) is 0 Å². The van der Waals surface area contributed by atoms with E-state index < -0.39 is 0 Å². The van der Waals surface area contributed by atoms with Gasteiger partial charge < -0.3 is 19.5 Å². The Kier molecular flexibility index (Phi) is 7.00. The molecule has 0 aromatic heterocycles. The van der Waals surface area contributed by atoms with E-state index in [0.717, 1.165) is 31.9 Å². The lowest BCUT2D eigenvalue weighted by Gasteiger charge is -2.26. The fourth-order valence-corrected chi connectivity index (χ4v) is 2.53. The first-order valence-electron chi connectivity index (χ1n) is 7.91. The molecule has 0 bridgehead atoms. The van der Waals surface area contributed by atoms with Crippen LogP contribution in [0.25, 0.3) is 0 Å². The molecule has 21 heavy (non-hydrogen) atoms. The molecule has 118 valence electrons. The Morgan fingerprint density at radius 2 is 2.10 bits per heavy atom. The van der Waals surface area contributed by atoms with Crippen molar-refractivity contribution < 1.29 is 14.2 Å². The summed E-state index contributed by atoms with van der Waals surface area (Å²) in [6, 6.07) is 8.11. The molecule has 1 fully saturated rings. The van der Waals surface area contributed by atoms with Gasteiger partial charge in [0.15, 0.2) is 0 Å². The van der Waals surface area contributed by atoms with Crippen LogP contribution in [0.4, 0.5) is 0 Å². The summed E-state index contributed by atoms with van der Waals surface area (Å²) in [5.41, 5.74) is 1.17. The zero-order valence-corrected chi connectivity index (χ0v) is 13.1. The Hall–Kier alpha value is -1.10. The van der Waals surface area contributed by atoms with Crippen LogP contribution in [0.3, 0.4) is 0 Å². The summed E-state index contributed by atoms with van der Waals surface area (Å²) in [5.74, 6) is 0.872. The van der Waals surface area contributed by atoms with Gasteiger partial charge >= 0.3 is 0 Å². The van der Waals surface area contributed by atoms with Crippen LogP contribution in [-0.4, -0.2) is 39.5 Å². The van der Waals surface area contributed by atoms with Crippen molar-refractivity contribution in [2.24, 2.45) is 0 Å². The van der Waals surface area contributed by atoms with Gasteiger partial charge in [-0.25, -0.2) is 0 Å². The van der Waals surface area contributed by atoms with Crippen molar-refractivity contribution in [2.75, 3.05) is 33.4 Å². The van der Waals surface area contributed by atoms with Crippen LogP contribution >= 0.6 is 0 Å². The average Bonchev–Trinajstić information content (AvgIpc) is 2.56. The number of ether oxygens (including phenoxy) is 3. The maximum Gasteiger partial charge on any atom is 0.118 e. The molecule has 1 aliphatic heterocycles. The Labute approximate surface area is 127 Å². The molecular formula is C17H27NO3. The van der Waals surface area contributed by atoms with E-state index in [1.54, 1.807) is 7.11 Å². The molecular weight excluding hydrogens is 266 g/mol. The molecule has 0 radical (unpaired) electrons. The monoisotopic (exact) mass is 293 g/mol. The van der Waals surface area contributed by atoms with E-state index in [4.69, 9.17) is 14.2 Å². The topological polar surface area (TPSA) is 39.7 Å². The van der Waals surface area contributed by atoms with E-state index in [1.165, 1.54) is 18.4 Å². The van der Waals surface area contributed by atoms with Crippen molar-refractivity contribution in [3.63, 3.8) is 0 Å². The second-order valence-electron chi connectivity index (χ2n) is 5.39. The lowest BCUT2D eigenvalue weighted by atomic mass is 10.1. The number of hydrogen-bond acceptors (Lipinski definition) is 4. The summed E-state index contributed by atoms with van der Waals surface area (Å²) in [7, 11) is 1.68. The van der Waals surface area contributed by atoms with Gasteiger partial charge in [0.25, 0.3) is 0 Å². The second kappa shape index (κ2) is 9.03. The Morgan fingerprint density at radius 3 is 2.71 bits per heavy atom. The lowest BCUT2D eigenvalue weighted by molar-refractivity contribution is -0.0632. The largest absolute Gasteiger partial charge is 0.497 e. The van der Waals surface area contributed by atoms with Gasteiger partial charge in [-0.2, -0.15) is 0 Å². The van der Waals surface area contributed by atoms with Gasteiger partial charge in [0.05, 0.1) is 25.9 Å². The first-order valence-corrected chi connectivity index (χ1v) is 7.91. The highest BCUT2D eigenvalue weighted by molar-refractivity contribution is 5.28. The van der Waals surface area contributed by atoms with E-state index in [1.807, 2.05) is 12.1 Å². The Bertz CT molecular complexity index is 388. The number of nitrogens with one attached hydrogen (secondary N) is 1. The smallest absolute Gasteiger partial charge is 0.118 e. The van der Waals surface area contributed by atoms with Gasteiger partial charge in [0.2, 0.25) is 0 Å². The molecule has 1 N–H and O–H groups in total. The average molecular weight is 293 g/mol. The van der Waals surface area contributed by atoms with Gasteiger partial charge in [0, 0.05) is 13.2 Å². The minimum Gasteiger partial charge on any atom is -0.497 e. The van der Waals surface area contributed by atoms with E-state index in [2.05, 4.69) is 24.4 Å². The van der Waals surface area contributed by atoms with Crippen LogP contribution < -0.4 is 10.1 Å². The van der Waals surface area contributed by atoms with Gasteiger partial charge in [-0.1, -0.05) is 19.1 Å². The second-order valence-corrected chi connectivity index (χ2v) is 5.39. The summed E-state index contributed by atoms with van der Waals surface area (Å²) in [4.78, 5) is 0. The molecule has 2 atom stereocenters. The van der Waals surface area contributed by atoms with E-state index in [0.29, 0.717) is 6.61 Å². The highest BCUT2D eigenvalue weighted by Gasteiger charge is 2.18.